The number of hydrogen-bond donors (Lipinski definition) is 1. The second-order valence-electron chi connectivity index (χ2n) is 5.02. The summed E-state index contributed by atoms with van der Waals surface area (Å²) in [7, 11) is 1.63. The van der Waals surface area contributed by atoms with Gasteiger partial charge in [0.25, 0.3) is 5.56 Å². The molecule has 2 rings (SSSR count). The molecule has 0 amide bonds. The van der Waals surface area contributed by atoms with Crippen LogP contribution in [0.4, 0.5) is 4.39 Å². The molecule has 21 heavy (non-hydrogen) atoms. The quantitative estimate of drug-likeness (QED) is 0.831. The number of unbranched alkanes of at least 4 members (excludes halogenated alkanes) is 1. The van der Waals surface area contributed by atoms with Gasteiger partial charge in [-0.15, -0.1) is 0 Å². The van der Waals surface area contributed by atoms with E-state index in [4.69, 9.17) is 0 Å². The average Bonchev–Trinajstić information content (AvgIpc) is 2.48. The molecule has 0 bridgehead atoms. The Labute approximate surface area is 123 Å². The Hall–Kier alpha value is -2.01. The molecule has 112 valence electrons. The number of benzene rings is 1. The van der Waals surface area contributed by atoms with Crippen molar-refractivity contribution in [1.82, 2.24) is 15.1 Å². The number of rotatable bonds is 6. The fourth-order valence-electron chi connectivity index (χ4n) is 2.08. The first-order valence-electron chi connectivity index (χ1n) is 7.15. The maximum atomic E-state index is 13.0. The predicted octanol–water partition coefficient (Wildman–Crippen LogP) is 2.48. The van der Waals surface area contributed by atoms with Crippen molar-refractivity contribution in [2.75, 3.05) is 6.54 Å². The van der Waals surface area contributed by atoms with Gasteiger partial charge in [0.05, 0.1) is 5.69 Å². The third-order valence-electron chi connectivity index (χ3n) is 3.30. The summed E-state index contributed by atoms with van der Waals surface area (Å²) >= 11 is 0. The summed E-state index contributed by atoms with van der Waals surface area (Å²) in [4.78, 5) is 12.1. The molecule has 0 atom stereocenters. The molecule has 0 spiro atoms. The summed E-state index contributed by atoms with van der Waals surface area (Å²) in [5.41, 5.74) is 2.03. The van der Waals surface area contributed by atoms with E-state index in [9.17, 15) is 9.18 Å². The molecule has 5 heteroatoms. The molecule has 0 aliphatic carbocycles. The van der Waals surface area contributed by atoms with Gasteiger partial charge in [-0.2, -0.15) is 5.10 Å². The van der Waals surface area contributed by atoms with Crippen LogP contribution in [0.1, 0.15) is 25.3 Å². The van der Waals surface area contributed by atoms with Crippen molar-refractivity contribution in [2.24, 2.45) is 7.05 Å². The van der Waals surface area contributed by atoms with Crippen LogP contribution in [-0.4, -0.2) is 16.3 Å². The van der Waals surface area contributed by atoms with E-state index in [2.05, 4.69) is 17.3 Å². The summed E-state index contributed by atoms with van der Waals surface area (Å²) in [6.07, 6.45) is 2.19. The van der Waals surface area contributed by atoms with Crippen LogP contribution in [0, 0.1) is 5.82 Å². The minimum absolute atomic E-state index is 0.107. The first-order valence-corrected chi connectivity index (χ1v) is 7.15. The molecule has 0 fully saturated rings. The van der Waals surface area contributed by atoms with E-state index >= 15 is 0 Å². The zero-order chi connectivity index (χ0) is 15.2. The monoisotopic (exact) mass is 289 g/mol. The molecule has 1 aromatic carbocycles. The fraction of sp³-hybridized carbons (Fsp3) is 0.375. The Balaban J connectivity index is 2.25. The fourth-order valence-corrected chi connectivity index (χ4v) is 2.08. The van der Waals surface area contributed by atoms with Crippen molar-refractivity contribution in [3.05, 3.63) is 52.1 Å². The second kappa shape index (κ2) is 7.13. The van der Waals surface area contributed by atoms with Crippen LogP contribution in [0.5, 0.6) is 0 Å². The van der Waals surface area contributed by atoms with Gasteiger partial charge >= 0.3 is 0 Å². The Morgan fingerprint density at radius 1 is 1.29 bits per heavy atom. The van der Waals surface area contributed by atoms with Gasteiger partial charge in [0, 0.05) is 24.7 Å². The molecule has 1 N–H and O–H groups in total. The summed E-state index contributed by atoms with van der Waals surface area (Å²) in [6, 6.07) is 7.88. The zero-order valence-corrected chi connectivity index (χ0v) is 12.4. The lowest BCUT2D eigenvalue weighted by molar-refractivity contribution is 0.622. The maximum Gasteiger partial charge on any atom is 0.271 e. The molecule has 1 aromatic heterocycles. The number of nitrogens with zero attached hydrogens (tertiary/aromatic N) is 2. The van der Waals surface area contributed by atoms with Crippen LogP contribution in [0.3, 0.4) is 0 Å². The van der Waals surface area contributed by atoms with Gasteiger partial charge in [-0.25, -0.2) is 9.07 Å². The van der Waals surface area contributed by atoms with Crippen molar-refractivity contribution in [2.45, 2.75) is 26.3 Å². The summed E-state index contributed by atoms with van der Waals surface area (Å²) in [6.45, 7) is 3.52. The predicted molar refractivity (Wildman–Crippen MR) is 81.5 cm³/mol. The maximum absolute atomic E-state index is 13.0. The summed E-state index contributed by atoms with van der Waals surface area (Å²) in [5, 5.41) is 7.49. The standard InChI is InChI=1S/C16H20FN3O/c1-3-4-9-18-11-13-10-15(19-20(2)16(13)21)12-5-7-14(17)8-6-12/h5-8,10,18H,3-4,9,11H2,1-2H3. The van der Waals surface area contributed by atoms with Gasteiger partial charge in [-0.1, -0.05) is 13.3 Å². The first kappa shape index (κ1) is 15.4. The van der Waals surface area contributed by atoms with Gasteiger partial charge in [-0.3, -0.25) is 4.79 Å². The minimum atomic E-state index is -0.287. The molecule has 0 saturated heterocycles. The molecule has 0 aliphatic heterocycles. The Morgan fingerprint density at radius 3 is 2.67 bits per heavy atom. The third kappa shape index (κ3) is 3.98. The first-order chi connectivity index (χ1) is 10.1. The number of nitrogens with one attached hydrogen (secondary N) is 1. The number of aryl methyl sites for hydroxylation is 1. The van der Waals surface area contributed by atoms with E-state index in [-0.39, 0.29) is 11.4 Å². The lowest BCUT2D eigenvalue weighted by atomic mass is 10.1. The second-order valence-corrected chi connectivity index (χ2v) is 5.02. The van der Waals surface area contributed by atoms with Crippen LogP contribution < -0.4 is 10.9 Å². The van der Waals surface area contributed by atoms with E-state index in [0.717, 1.165) is 24.9 Å². The molecule has 0 aliphatic rings. The number of halogens is 1. The zero-order valence-electron chi connectivity index (χ0n) is 12.4. The minimum Gasteiger partial charge on any atom is -0.312 e. The van der Waals surface area contributed by atoms with Crippen molar-refractivity contribution in [1.29, 1.82) is 0 Å². The highest BCUT2D eigenvalue weighted by Gasteiger charge is 2.08. The molecular formula is C16H20FN3O. The van der Waals surface area contributed by atoms with Crippen LogP contribution in [-0.2, 0) is 13.6 Å². The molecule has 0 unspecified atom stereocenters. The van der Waals surface area contributed by atoms with Gasteiger partial charge in [0.2, 0.25) is 0 Å². The summed E-state index contributed by atoms with van der Waals surface area (Å²) < 4.78 is 14.3. The largest absolute Gasteiger partial charge is 0.312 e. The van der Waals surface area contributed by atoms with Crippen molar-refractivity contribution in [3.63, 3.8) is 0 Å². The van der Waals surface area contributed by atoms with Crippen molar-refractivity contribution >= 4 is 0 Å². The lowest BCUT2D eigenvalue weighted by Crippen LogP contribution is -2.28. The normalized spacial score (nSPS) is 10.8. The Morgan fingerprint density at radius 2 is 2.00 bits per heavy atom. The molecule has 1 heterocycles. The summed E-state index contributed by atoms with van der Waals surface area (Å²) in [5.74, 6) is -0.287. The van der Waals surface area contributed by atoms with E-state index in [1.54, 1.807) is 25.2 Å². The molecule has 0 radical (unpaired) electrons. The van der Waals surface area contributed by atoms with E-state index in [0.29, 0.717) is 17.8 Å². The average molecular weight is 289 g/mol. The molecule has 2 aromatic rings. The van der Waals surface area contributed by atoms with E-state index in [1.807, 2.05) is 0 Å². The van der Waals surface area contributed by atoms with Crippen LogP contribution >= 0.6 is 0 Å². The Kier molecular flexibility index (Phi) is 5.22. The molecule has 0 saturated carbocycles. The Bertz CT molecular complexity index is 650. The van der Waals surface area contributed by atoms with Gasteiger partial charge in [0.1, 0.15) is 5.82 Å². The van der Waals surface area contributed by atoms with Gasteiger partial charge in [-0.05, 0) is 43.3 Å². The van der Waals surface area contributed by atoms with Gasteiger partial charge in [0.15, 0.2) is 0 Å². The SMILES string of the molecule is CCCCNCc1cc(-c2ccc(F)cc2)nn(C)c1=O. The van der Waals surface area contributed by atoms with Crippen LogP contribution in [0.25, 0.3) is 11.3 Å². The van der Waals surface area contributed by atoms with E-state index < -0.39 is 0 Å². The number of aromatic nitrogens is 2. The van der Waals surface area contributed by atoms with Crippen LogP contribution in [0.15, 0.2) is 35.1 Å². The number of hydrogen-bond acceptors (Lipinski definition) is 3. The molecular weight excluding hydrogens is 269 g/mol. The lowest BCUT2D eigenvalue weighted by Gasteiger charge is -2.08. The highest BCUT2D eigenvalue weighted by atomic mass is 19.1. The van der Waals surface area contributed by atoms with Crippen molar-refractivity contribution in [3.8, 4) is 11.3 Å². The van der Waals surface area contributed by atoms with Crippen LogP contribution in [0.2, 0.25) is 0 Å². The third-order valence-corrected chi connectivity index (χ3v) is 3.30. The highest BCUT2D eigenvalue weighted by Crippen LogP contribution is 2.16. The van der Waals surface area contributed by atoms with Crippen molar-refractivity contribution < 1.29 is 4.39 Å². The highest BCUT2D eigenvalue weighted by molar-refractivity contribution is 5.58. The smallest absolute Gasteiger partial charge is 0.271 e. The molecule has 4 nitrogen and oxygen atoms in total. The van der Waals surface area contributed by atoms with Gasteiger partial charge < -0.3 is 5.32 Å². The van der Waals surface area contributed by atoms with E-state index in [1.165, 1.54) is 16.8 Å². The topological polar surface area (TPSA) is 46.9 Å².